The van der Waals surface area contributed by atoms with Crippen molar-refractivity contribution in [1.29, 1.82) is 0 Å². The summed E-state index contributed by atoms with van der Waals surface area (Å²) in [5.74, 6) is -0.252. The van der Waals surface area contributed by atoms with Gasteiger partial charge in [0.05, 0.1) is 33.8 Å². The van der Waals surface area contributed by atoms with Crippen LogP contribution in [0.15, 0.2) is 49.3 Å². The molecule has 0 saturated carbocycles. The van der Waals surface area contributed by atoms with Crippen molar-refractivity contribution >= 4 is 58.3 Å². The van der Waals surface area contributed by atoms with Crippen LogP contribution in [-0.4, -0.2) is 55.9 Å². The van der Waals surface area contributed by atoms with Crippen LogP contribution in [0.4, 0.5) is 0 Å². The van der Waals surface area contributed by atoms with Gasteiger partial charge < -0.3 is 4.98 Å². The van der Waals surface area contributed by atoms with Crippen LogP contribution in [0, 0.1) is 5.92 Å². The van der Waals surface area contributed by atoms with E-state index in [-0.39, 0.29) is 44.8 Å². The predicted octanol–water partition coefficient (Wildman–Crippen LogP) is 2.06. The smallest absolute Gasteiger partial charge is 0.307 e. The molecule has 1 aromatic heterocycles. The molecular formula is C23H26BrClN4O6S2. The normalized spacial score (nSPS) is 17.0. The predicted molar refractivity (Wildman–Crippen MR) is 146 cm³/mol. The quantitative estimate of drug-likeness (QED) is 0.385. The van der Waals surface area contributed by atoms with Crippen molar-refractivity contribution in [3.8, 4) is 0 Å². The Hall–Kier alpha value is -2.03. The first-order valence-corrected chi connectivity index (χ1v) is 16.0. The lowest BCUT2D eigenvalue weighted by atomic mass is 10.1. The number of fused-ring (bicyclic) bond motifs is 1. The number of aromatic amines is 1. The zero-order valence-corrected chi connectivity index (χ0v) is 23.9. The topological polar surface area (TPSA) is 152 Å². The molecule has 0 amide bonds. The van der Waals surface area contributed by atoms with Crippen molar-refractivity contribution in [2.45, 2.75) is 31.3 Å². The fourth-order valence-corrected chi connectivity index (χ4v) is 7.35. The Kier molecular flexibility index (Phi) is 8.03. The zero-order chi connectivity index (χ0) is 27.1. The first-order valence-electron chi connectivity index (χ1n) is 11.5. The van der Waals surface area contributed by atoms with Gasteiger partial charge >= 0.3 is 5.69 Å². The van der Waals surface area contributed by atoms with Crippen molar-refractivity contribution in [2.75, 3.05) is 24.6 Å². The summed E-state index contributed by atoms with van der Waals surface area (Å²) < 4.78 is 49.5. The van der Waals surface area contributed by atoms with Crippen LogP contribution in [0.25, 0.3) is 10.9 Å². The summed E-state index contributed by atoms with van der Waals surface area (Å²) in [6.07, 6.45) is 0.711. The largest absolute Gasteiger partial charge is 0.329 e. The number of nitrogens with two attached hydrogens (primary N) is 1. The Bertz CT molecular complexity index is 1700. The molecule has 2 heterocycles. The third-order valence-corrected chi connectivity index (χ3v) is 10.2. The Morgan fingerprint density at radius 2 is 1.84 bits per heavy atom. The highest BCUT2D eigenvalue weighted by Crippen LogP contribution is 2.26. The van der Waals surface area contributed by atoms with Crippen molar-refractivity contribution in [2.24, 2.45) is 11.1 Å². The molecule has 1 aliphatic heterocycles. The summed E-state index contributed by atoms with van der Waals surface area (Å²) in [5.41, 5.74) is 0.167. The monoisotopic (exact) mass is 632 g/mol. The highest BCUT2D eigenvalue weighted by molar-refractivity contribution is 9.10. The van der Waals surface area contributed by atoms with E-state index in [0.717, 1.165) is 10.1 Å². The van der Waals surface area contributed by atoms with Crippen LogP contribution in [0.2, 0.25) is 5.02 Å². The lowest BCUT2D eigenvalue weighted by Crippen LogP contribution is -2.36. The number of sulfonamides is 1. The lowest BCUT2D eigenvalue weighted by molar-refractivity contribution is 0.320. The molecule has 0 bridgehead atoms. The fourth-order valence-electron chi connectivity index (χ4n) is 4.65. The van der Waals surface area contributed by atoms with Gasteiger partial charge in [0.25, 0.3) is 5.56 Å². The average molecular weight is 634 g/mol. The number of hydrogen-bond acceptors (Lipinski definition) is 7. The van der Waals surface area contributed by atoms with E-state index in [4.69, 9.17) is 16.7 Å². The van der Waals surface area contributed by atoms with Gasteiger partial charge in [-0.15, -0.1) is 0 Å². The number of hydrogen-bond donors (Lipinski definition) is 2. The Labute approximate surface area is 227 Å². The second-order valence-corrected chi connectivity index (χ2v) is 14.4. The average Bonchev–Trinajstić information content (AvgIpc) is 3.22. The Balaban J connectivity index is 1.67. The number of aromatic nitrogens is 2. The minimum atomic E-state index is -3.61. The molecule has 0 spiro atoms. The molecule has 0 radical (unpaired) electrons. The summed E-state index contributed by atoms with van der Waals surface area (Å²) in [6.45, 7) is 3.01. The van der Waals surface area contributed by atoms with E-state index < -0.39 is 31.1 Å². The molecule has 200 valence electrons. The van der Waals surface area contributed by atoms with Crippen LogP contribution in [0.5, 0.6) is 0 Å². The molecule has 0 aliphatic carbocycles. The highest BCUT2D eigenvalue weighted by atomic mass is 79.9. The fraction of sp³-hybridized carbons (Fsp3) is 0.391. The third-order valence-electron chi connectivity index (χ3n) is 6.45. The Morgan fingerprint density at radius 3 is 2.51 bits per heavy atom. The first-order chi connectivity index (χ1) is 17.3. The number of benzene rings is 2. The molecule has 0 unspecified atom stereocenters. The summed E-state index contributed by atoms with van der Waals surface area (Å²) in [5, 5.41) is 5.72. The molecular weight excluding hydrogens is 608 g/mol. The van der Waals surface area contributed by atoms with Gasteiger partial charge in [-0.05, 0) is 60.3 Å². The molecule has 1 saturated heterocycles. The van der Waals surface area contributed by atoms with E-state index in [0.29, 0.717) is 36.0 Å². The molecule has 3 aromatic rings. The van der Waals surface area contributed by atoms with Gasteiger partial charge in [0.1, 0.15) is 0 Å². The SMILES string of the molecule is CCS(=O)(=O)c1ccc(Cl)cc1Cn1c(=O)[nH]c2cc(CN3CC[C@@H](CS(N)(=O)=O)C3)c(Br)cc2c1=O. The number of nitrogens with one attached hydrogen (secondary N) is 1. The van der Waals surface area contributed by atoms with Crippen LogP contribution < -0.4 is 16.4 Å². The van der Waals surface area contributed by atoms with Gasteiger partial charge in [-0.2, -0.15) is 0 Å². The molecule has 1 aliphatic rings. The number of sulfone groups is 1. The number of primary sulfonamides is 1. The number of halogens is 2. The van der Waals surface area contributed by atoms with E-state index in [1.165, 1.54) is 25.1 Å². The number of rotatable bonds is 8. The van der Waals surface area contributed by atoms with Crippen LogP contribution >= 0.6 is 27.5 Å². The zero-order valence-electron chi connectivity index (χ0n) is 19.9. The standard InChI is InChI=1S/C23H26BrClN4O6S2/c1-2-36(32,33)21-4-3-17(25)7-16(21)12-29-22(30)18-9-19(24)15(8-20(18)27-23(29)31)11-28-6-5-14(10-28)13-37(26,34)35/h3-4,7-9,14H,2,5-6,10-13H2,1H3,(H,27,31)(H2,26,34,35)/t14-/m1/s1. The summed E-state index contributed by atoms with van der Waals surface area (Å²) in [4.78, 5) is 31.1. The van der Waals surface area contributed by atoms with Gasteiger partial charge in [-0.25, -0.2) is 26.8 Å². The van der Waals surface area contributed by atoms with Crippen molar-refractivity contribution in [3.63, 3.8) is 0 Å². The molecule has 3 N–H and O–H groups in total. The van der Waals surface area contributed by atoms with Crippen molar-refractivity contribution < 1.29 is 16.8 Å². The van der Waals surface area contributed by atoms with E-state index in [9.17, 15) is 26.4 Å². The maximum absolute atomic E-state index is 13.3. The van der Waals surface area contributed by atoms with Crippen molar-refractivity contribution in [1.82, 2.24) is 14.5 Å². The summed E-state index contributed by atoms with van der Waals surface area (Å²) in [6, 6.07) is 7.62. The van der Waals surface area contributed by atoms with Gasteiger partial charge in [0, 0.05) is 22.6 Å². The molecule has 10 nitrogen and oxygen atoms in total. The van der Waals surface area contributed by atoms with E-state index in [1.54, 1.807) is 12.1 Å². The summed E-state index contributed by atoms with van der Waals surface area (Å²) in [7, 11) is -7.16. The van der Waals surface area contributed by atoms with E-state index in [1.807, 2.05) is 0 Å². The minimum absolute atomic E-state index is 0.0219. The maximum Gasteiger partial charge on any atom is 0.329 e. The molecule has 14 heteroatoms. The highest BCUT2D eigenvalue weighted by Gasteiger charge is 2.26. The lowest BCUT2D eigenvalue weighted by Gasteiger charge is -2.18. The maximum atomic E-state index is 13.3. The number of nitrogens with zero attached hydrogens (tertiary/aromatic N) is 2. The van der Waals surface area contributed by atoms with E-state index >= 15 is 0 Å². The van der Waals surface area contributed by atoms with Crippen LogP contribution in [-0.2, 0) is 33.0 Å². The third kappa shape index (κ3) is 6.35. The first kappa shape index (κ1) is 28.0. The van der Waals surface area contributed by atoms with Gasteiger partial charge in [-0.3, -0.25) is 14.3 Å². The molecule has 37 heavy (non-hydrogen) atoms. The van der Waals surface area contributed by atoms with Crippen LogP contribution in [0.3, 0.4) is 0 Å². The summed E-state index contributed by atoms with van der Waals surface area (Å²) >= 11 is 9.59. The number of likely N-dealkylation sites (tertiary alicyclic amines) is 1. The minimum Gasteiger partial charge on any atom is -0.307 e. The van der Waals surface area contributed by atoms with Crippen molar-refractivity contribution in [3.05, 3.63) is 71.8 Å². The number of H-pyrrole nitrogens is 1. The van der Waals surface area contributed by atoms with E-state index in [2.05, 4.69) is 25.8 Å². The Morgan fingerprint density at radius 1 is 1.11 bits per heavy atom. The van der Waals surface area contributed by atoms with Gasteiger partial charge in [0.15, 0.2) is 9.84 Å². The second kappa shape index (κ2) is 10.6. The molecule has 1 fully saturated rings. The molecule has 4 rings (SSSR count). The van der Waals surface area contributed by atoms with Gasteiger partial charge in [0.2, 0.25) is 10.0 Å². The second-order valence-electron chi connectivity index (χ2n) is 9.19. The van der Waals surface area contributed by atoms with Crippen LogP contribution in [0.1, 0.15) is 24.5 Å². The molecule has 2 aromatic carbocycles. The van der Waals surface area contributed by atoms with Gasteiger partial charge in [-0.1, -0.05) is 34.5 Å². The molecule has 1 atom stereocenters.